The smallest absolute Gasteiger partial charge is 0.336 e. The van der Waals surface area contributed by atoms with Crippen LogP contribution in [0.3, 0.4) is 0 Å². The molecule has 1 aliphatic heterocycles. The van der Waals surface area contributed by atoms with E-state index < -0.39 is 5.63 Å². The standard InChI is InChI=1S/C19H20ClNO5/c1-11-6-17-15(8-16(11)20)14(7-18(23)26-17)10-25-19(24)13-4-3-5-21(9-13)12(2)22/h6-8,13H,3-5,9-10H2,1-2H3/t13-/m1/s1. The van der Waals surface area contributed by atoms with E-state index in [-0.39, 0.29) is 24.4 Å². The molecule has 2 heterocycles. The lowest BCUT2D eigenvalue weighted by atomic mass is 9.98. The molecule has 1 aromatic carbocycles. The number of amides is 1. The molecule has 0 saturated carbocycles. The van der Waals surface area contributed by atoms with Crippen LogP contribution in [0, 0.1) is 12.8 Å². The Balaban J connectivity index is 1.77. The molecule has 0 bridgehead atoms. The number of rotatable bonds is 3. The minimum atomic E-state index is -0.509. The van der Waals surface area contributed by atoms with E-state index in [0.717, 1.165) is 12.0 Å². The first kappa shape index (κ1) is 18.5. The van der Waals surface area contributed by atoms with Crippen LogP contribution in [0.15, 0.2) is 27.4 Å². The van der Waals surface area contributed by atoms with Gasteiger partial charge in [0.2, 0.25) is 5.91 Å². The summed E-state index contributed by atoms with van der Waals surface area (Å²) in [5.41, 5.74) is 1.24. The predicted molar refractivity (Wildman–Crippen MR) is 97.0 cm³/mol. The third kappa shape index (κ3) is 3.90. The van der Waals surface area contributed by atoms with E-state index in [4.69, 9.17) is 20.8 Å². The van der Waals surface area contributed by atoms with E-state index in [1.807, 2.05) is 6.92 Å². The van der Waals surface area contributed by atoms with Crippen LogP contribution < -0.4 is 5.63 Å². The Morgan fingerprint density at radius 3 is 2.85 bits per heavy atom. The maximum absolute atomic E-state index is 12.4. The number of esters is 1. The van der Waals surface area contributed by atoms with Crippen LogP contribution in [0.25, 0.3) is 11.0 Å². The van der Waals surface area contributed by atoms with Gasteiger partial charge in [0.15, 0.2) is 0 Å². The highest BCUT2D eigenvalue weighted by atomic mass is 35.5. The highest BCUT2D eigenvalue weighted by molar-refractivity contribution is 6.32. The molecule has 1 aliphatic rings. The van der Waals surface area contributed by atoms with E-state index in [1.54, 1.807) is 17.0 Å². The fourth-order valence-electron chi connectivity index (χ4n) is 3.19. The summed E-state index contributed by atoms with van der Waals surface area (Å²) in [6, 6.07) is 4.71. The number of hydrogen-bond donors (Lipinski definition) is 0. The average molecular weight is 378 g/mol. The minimum absolute atomic E-state index is 0.0424. The van der Waals surface area contributed by atoms with Gasteiger partial charge in [-0.25, -0.2) is 4.79 Å². The highest BCUT2D eigenvalue weighted by Crippen LogP contribution is 2.26. The monoisotopic (exact) mass is 377 g/mol. The van der Waals surface area contributed by atoms with E-state index in [2.05, 4.69) is 0 Å². The van der Waals surface area contributed by atoms with Crippen molar-refractivity contribution in [3.8, 4) is 0 Å². The lowest BCUT2D eigenvalue weighted by Gasteiger charge is -2.30. The van der Waals surface area contributed by atoms with Crippen molar-refractivity contribution in [2.45, 2.75) is 33.3 Å². The first-order chi connectivity index (χ1) is 12.3. The van der Waals surface area contributed by atoms with Crippen LogP contribution in [0.5, 0.6) is 0 Å². The topological polar surface area (TPSA) is 76.8 Å². The average Bonchev–Trinajstić information content (AvgIpc) is 2.61. The molecule has 0 spiro atoms. The zero-order chi connectivity index (χ0) is 18.8. The van der Waals surface area contributed by atoms with Crippen LogP contribution in [0.1, 0.15) is 30.9 Å². The van der Waals surface area contributed by atoms with Gasteiger partial charge in [-0.15, -0.1) is 0 Å². The third-order valence-electron chi connectivity index (χ3n) is 4.68. The number of piperidine rings is 1. The summed E-state index contributed by atoms with van der Waals surface area (Å²) >= 11 is 6.16. The number of benzene rings is 1. The number of carbonyl (C=O) groups is 2. The summed E-state index contributed by atoms with van der Waals surface area (Å²) in [4.78, 5) is 37.3. The van der Waals surface area contributed by atoms with Gasteiger partial charge in [-0.05, 0) is 37.5 Å². The first-order valence-corrected chi connectivity index (χ1v) is 8.88. The van der Waals surface area contributed by atoms with Crippen LogP contribution >= 0.6 is 11.6 Å². The highest BCUT2D eigenvalue weighted by Gasteiger charge is 2.28. The second-order valence-electron chi connectivity index (χ2n) is 6.60. The molecule has 0 radical (unpaired) electrons. The number of aryl methyl sites for hydroxylation is 1. The van der Waals surface area contributed by atoms with Crippen molar-refractivity contribution in [2.24, 2.45) is 5.92 Å². The molecule has 1 amide bonds. The first-order valence-electron chi connectivity index (χ1n) is 8.50. The molecule has 26 heavy (non-hydrogen) atoms. The molecule has 1 aromatic heterocycles. The summed E-state index contributed by atoms with van der Waals surface area (Å²) in [5.74, 6) is -0.750. The molecule has 1 atom stereocenters. The van der Waals surface area contributed by atoms with Gasteiger partial charge in [0.05, 0.1) is 5.92 Å². The Morgan fingerprint density at radius 1 is 1.35 bits per heavy atom. The molecule has 0 N–H and O–H groups in total. The van der Waals surface area contributed by atoms with Crippen LogP contribution in [-0.2, 0) is 20.9 Å². The maximum Gasteiger partial charge on any atom is 0.336 e. The molecule has 0 unspecified atom stereocenters. The van der Waals surface area contributed by atoms with Crippen molar-refractivity contribution in [3.05, 3.63) is 44.8 Å². The van der Waals surface area contributed by atoms with Crippen molar-refractivity contribution in [3.63, 3.8) is 0 Å². The summed E-state index contributed by atoms with van der Waals surface area (Å²) in [6.07, 6.45) is 1.46. The summed E-state index contributed by atoms with van der Waals surface area (Å²) in [6.45, 7) is 4.31. The van der Waals surface area contributed by atoms with E-state index in [9.17, 15) is 14.4 Å². The molecule has 2 aromatic rings. The van der Waals surface area contributed by atoms with Crippen molar-refractivity contribution < 1.29 is 18.7 Å². The third-order valence-corrected chi connectivity index (χ3v) is 5.09. The Bertz CT molecular complexity index is 920. The number of halogens is 1. The van der Waals surface area contributed by atoms with Gasteiger partial charge in [-0.2, -0.15) is 0 Å². The number of ether oxygens (including phenoxy) is 1. The zero-order valence-electron chi connectivity index (χ0n) is 14.7. The fourth-order valence-corrected chi connectivity index (χ4v) is 3.35. The number of carbonyl (C=O) groups excluding carboxylic acids is 2. The van der Waals surface area contributed by atoms with Crippen LogP contribution in [0.4, 0.5) is 0 Å². The van der Waals surface area contributed by atoms with Gasteiger partial charge in [0, 0.05) is 42.1 Å². The minimum Gasteiger partial charge on any atom is -0.461 e. The fraction of sp³-hybridized carbons (Fsp3) is 0.421. The number of likely N-dealkylation sites (tertiary alicyclic amines) is 1. The molecule has 7 heteroatoms. The Hall–Kier alpha value is -2.34. The van der Waals surface area contributed by atoms with Gasteiger partial charge >= 0.3 is 11.6 Å². The van der Waals surface area contributed by atoms with Gasteiger partial charge in [-0.1, -0.05) is 11.6 Å². The molecule has 0 aliphatic carbocycles. The van der Waals surface area contributed by atoms with Crippen molar-refractivity contribution >= 4 is 34.4 Å². The second kappa shape index (κ2) is 7.50. The van der Waals surface area contributed by atoms with Crippen molar-refractivity contribution in [2.75, 3.05) is 13.1 Å². The summed E-state index contributed by atoms with van der Waals surface area (Å²) < 4.78 is 10.6. The second-order valence-corrected chi connectivity index (χ2v) is 7.01. The predicted octanol–water partition coefficient (Wildman–Crippen LogP) is 3.06. The van der Waals surface area contributed by atoms with Crippen LogP contribution in [0.2, 0.25) is 5.02 Å². The van der Waals surface area contributed by atoms with E-state index in [1.165, 1.54) is 13.0 Å². The molecule has 1 saturated heterocycles. The summed E-state index contributed by atoms with van der Waals surface area (Å²) in [5, 5.41) is 1.19. The molecule has 6 nitrogen and oxygen atoms in total. The quantitative estimate of drug-likeness (QED) is 0.607. The van der Waals surface area contributed by atoms with Crippen LogP contribution in [-0.4, -0.2) is 29.9 Å². The molecule has 3 rings (SSSR count). The molecular weight excluding hydrogens is 358 g/mol. The number of fused-ring (bicyclic) bond motifs is 1. The Labute approximate surface area is 155 Å². The lowest BCUT2D eigenvalue weighted by molar-refractivity contribution is -0.152. The largest absolute Gasteiger partial charge is 0.461 e. The Kier molecular flexibility index (Phi) is 5.32. The van der Waals surface area contributed by atoms with Gasteiger partial charge in [0.25, 0.3) is 0 Å². The SMILES string of the molecule is CC(=O)N1CCC[C@@H](C(=O)OCc2cc(=O)oc3cc(C)c(Cl)cc23)C1. The van der Waals surface area contributed by atoms with Gasteiger partial charge in [0.1, 0.15) is 12.2 Å². The Morgan fingerprint density at radius 2 is 2.12 bits per heavy atom. The lowest BCUT2D eigenvalue weighted by Crippen LogP contribution is -2.41. The van der Waals surface area contributed by atoms with Crippen molar-refractivity contribution in [1.29, 1.82) is 0 Å². The van der Waals surface area contributed by atoms with E-state index >= 15 is 0 Å². The number of hydrogen-bond acceptors (Lipinski definition) is 5. The molecule has 1 fully saturated rings. The molecular formula is C19H20ClNO5. The summed E-state index contributed by atoms with van der Waals surface area (Å²) in [7, 11) is 0. The van der Waals surface area contributed by atoms with Crippen molar-refractivity contribution in [1.82, 2.24) is 4.90 Å². The normalized spacial score (nSPS) is 17.3. The molecule has 138 valence electrons. The van der Waals surface area contributed by atoms with Gasteiger partial charge < -0.3 is 14.1 Å². The zero-order valence-corrected chi connectivity index (χ0v) is 15.5. The maximum atomic E-state index is 12.4. The van der Waals surface area contributed by atoms with Gasteiger partial charge in [-0.3, -0.25) is 9.59 Å². The van der Waals surface area contributed by atoms with E-state index in [0.29, 0.717) is 41.1 Å². The number of nitrogens with zero attached hydrogens (tertiary/aromatic N) is 1.